The summed E-state index contributed by atoms with van der Waals surface area (Å²) >= 11 is 1.73. The number of imidazole rings is 1. The van der Waals surface area contributed by atoms with Crippen molar-refractivity contribution in [3.05, 3.63) is 40.1 Å². The molecule has 0 radical (unpaired) electrons. The van der Waals surface area contributed by atoms with Crippen LogP contribution < -0.4 is 5.73 Å². The standard InChI is InChI=1S/C14H17N3S/c1-11(2)14-16-6-7-17(14)9-13-8-12(10-18-13)4-3-5-15/h6-8,10-11H,5,9,15H2,1-2H3. The van der Waals surface area contributed by atoms with E-state index in [0.717, 1.165) is 17.9 Å². The lowest BCUT2D eigenvalue weighted by molar-refractivity contribution is 0.674. The Morgan fingerprint density at radius 3 is 3.06 bits per heavy atom. The number of nitrogens with zero attached hydrogens (tertiary/aromatic N) is 2. The largest absolute Gasteiger partial charge is 0.329 e. The zero-order chi connectivity index (χ0) is 13.0. The lowest BCUT2D eigenvalue weighted by atomic mass is 10.2. The first-order valence-electron chi connectivity index (χ1n) is 5.98. The van der Waals surface area contributed by atoms with Crippen molar-refractivity contribution in [2.45, 2.75) is 26.3 Å². The summed E-state index contributed by atoms with van der Waals surface area (Å²) in [5, 5.41) is 2.07. The van der Waals surface area contributed by atoms with Gasteiger partial charge in [-0.2, -0.15) is 0 Å². The predicted molar refractivity (Wildman–Crippen MR) is 75.7 cm³/mol. The van der Waals surface area contributed by atoms with Crippen molar-refractivity contribution in [3.8, 4) is 11.8 Å². The van der Waals surface area contributed by atoms with E-state index in [9.17, 15) is 0 Å². The number of hydrogen-bond donors (Lipinski definition) is 1. The highest BCUT2D eigenvalue weighted by atomic mass is 32.1. The van der Waals surface area contributed by atoms with E-state index in [0.29, 0.717) is 12.5 Å². The molecule has 0 unspecified atom stereocenters. The molecule has 2 N–H and O–H groups in total. The van der Waals surface area contributed by atoms with Crippen LogP contribution >= 0.6 is 11.3 Å². The Morgan fingerprint density at radius 2 is 2.33 bits per heavy atom. The first-order chi connectivity index (χ1) is 8.70. The van der Waals surface area contributed by atoms with Crippen molar-refractivity contribution >= 4 is 11.3 Å². The topological polar surface area (TPSA) is 43.8 Å². The molecular weight excluding hydrogens is 242 g/mol. The first kappa shape index (κ1) is 12.9. The normalized spacial score (nSPS) is 10.4. The summed E-state index contributed by atoms with van der Waals surface area (Å²) in [7, 11) is 0. The van der Waals surface area contributed by atoms with Crippen LogP contribution in [0.4, 0.5) is 0 Å². The Labute approximate surface area is 112 Å². The van der Waals surface area contributed by atoms with Gasteiger partial charge in [0.15, 0.2) is 0 Å². The Morgan fingerprint density at radius 1 is 1.50 bits per heavy atom. The van der Waals surface area contributed by atoms with Gasteiger partial charge in [-0.3, -0.25) is 0 Å². The maximum Gasteiger partial charge on any atom is 0.111 e. The van der Waals surface area contributed by atoms with Crippen molar-refractivity contribution in [3.63, 3.8) is 0 Å². The molecule has 2 rings (SSSR count). The molecule has 2 aromatic rings. The smallest absolute Gasteiger partial charge is 0.111 e. The Hall–Kier alpha value is -1.57. The van der Waals surface area contributed by atoms with Crippen LogP contribution in [0.3, 0.4) is 0 Å². The van der Waals surface area contributed by atoms with Crippen molar-refractivity contribution in [2.75, 3.05) is 6.54 Å². The molecule has 4 heteroatoms. The fraction of sp³-hybridized carbons (Fsp3) is 0.357. The summed E-state index contributed by atoms with van der Waals surface area (Å²) in [6, 6.07) is 2.12. The Balaban J connectivity index is 2.14. The van der Waals surface area contributed by atoms with Gasteiger partial charge in [0.25, 0.3) is 0 Å². The molecule has 94 valence electrons. The van der Waals surface area contributed by atoms with Gasteiger partial charge in [0.05, 0.1) is 13.1 Å². The van der Waals surface area contributed by atoms with Crippen LogP contribution in [0, 0.1) is 11.8 Å². The van der Waals surface area contributed by atoms with Crippen LogP contribution in [0.25, 0.3) is 0 Å². The van der Waals surface area contributed by atoms with E-state index in [1.165, 1.54) is 4.88 Å². The third-order valence-corrected chi connectivity index (χ3v) is 3.50. The summed E-state index contributed by atoms with van der Waals surface area (Å²) in [5.74, 6) is 7.49. The van der Waals surface area contributed by atoms with E-state index in [2.05, 4.69) is 46.7 Å². The van der Waals surface area contributed by atoms with Gasteiger partial charge in [-0.05, 0) is 6.07 Å². The molecule has 2 heterocycles. The Bertz CT molecular complexity index is 569. The van der Waals surface area contributed by atoms with E-state index >= 15 is 0 Å². The van der Waals surface area contributed by atoms with Crippen LogP contribution in [-0.4, -0.2) is 16.1 Å². The second-order valence-corrected chi connectivity index (χ2v) is 5.37. The molecule has 0 aliphatic carbocycles. The molecule has 3 nitrogen and oxygen atoms in total. The van der Waals surface area contributed by atoms with Gasteiger partial charge in [0.2, 0.25) is 0 Å². The summed E-state index contributed by atoms with van der Waals surface area (Å²) in [6.07, 6.45) is 3.89. The summed E-state index contributed by atoms with van der Waals surface area (Å²) in [6.45, 7) is 5.59. The van der Waals surface area contributed by atoms with Gasteiger partial charge >= 0.3 is 0 Å². The number of nitrogens with two attached hydrogens (primary N) is 1. The fourth-order valence-corrected chi connectivity index (χ4v) is 2.62. The van der Waals surface area contributed by atoms with Gasteiger partial charge in [0.1, 0.15) is 5.82 Å². The predicted octanol–water partition coefficient (Wildman–Crippen LogP) is 2.43. The van der Waals surface area contributed by atoms with E-state index in [4.69, 9.17) is 5.73 Å². The molecule has 0 fully saturated rings. The highest BCUT2D eigenvalue weighted by Crippen LogP contribution is 2.18. The van der Waals surface area contributed by atoms with Crippen LogP contribution in [0.5, 0.6) is 0 Å². The quantitative estimate of drug-likeness (QED) is 0.860. The van der Waals surface area contributed by atoms with Gasteiger partial charge in [-0.25, -0.2) is 4.98 Å². The molecule has 0 saturated carbocycles. The highest BCUT2D eigenvalue weighted by Gasteiger charge is 2.08. The molecule has 0 saturated heterocycles. The summed E-state index contributed by atoms with van der Waals surface area (Å²) < 4.78 is 2.19. The molecule has 0 atom stereocenters. The van der Waals surface area contributed by atoms with Crippen molar-refractivity contribution < 1.29 is 0 Å². The van der Waals surface area contributed by atoms with Gasteiger partial charge in [-0.15, -0.1) is 11.3 Å². The third kappa shape index (κ3) is 3.00. The van der Waals surface area contributed by atoms with Crippen molar-refractivity contribution in [1.29, 1.82) is 0 Å². The first-order valence-corrected chi connectivity index (χ1v) is 6.86. The number of thiophene rings is 1. The molecule has 0 aliphatic rings. The average molecular weight is 259 g/mol. The number of aromatic nitrogens is 2. The van der Waals surface area contributed by atoms with Crippen LogP contribution in [0.2, 0.25) is 0 Å². The van der Waals surface area contributed by atoms with E-state index in [1.807, 2.05) is 12.4 Å². The summed E-state index contributed by atoms with van der Waals surface area (Å²) in [4.78, 5) is 5.68. The van der Waals surface area contributed by atoms with Gasteiger partial charge in [0, 0.05) is 34.1 Å². The minimum Gasteiger partial charge on any atom is -0.329 e. The van der Waals surface area contributed by atoms with Crippen molar-refractivity contribution in [2.24, 2.45) is 5.73 Å². The molecular formula is C14H17N3S. The maximum atomic E-state index is 5.36. The van der Waals surface area contributed by atoms with Crippen LogP contribution in [0.1, 0.15) is 36.0 Å². The van der Waals surface area contributed by atoms with Crippen LogP contribution in [-0.2, 0) is 6.54 Å². The fourth-order valence-electron chi connectivity index (χ4n) is 1.81. The molecule has 0 spiro atoms. The van der Waals surface area contributed by atoms with E-state index < -0.39 is 0 Å². The van der Waals surface area contributed by atoms with Crippen molar-refractivity contribution in [1.82, 2.24) is 9.55 Å². The van der Waals surface area contributed by atoms with E-state index in [1.54, 1.807) is 11.3 Å². The minimum atomic E-state index is 0.407. The monoisotopic (exact) mass is 259 g/mol. The molecule has 18 heavy (non-hydrogen) atoms. The Kier molecular flexibility index (Phi) is 4.19. The van der Waals surface area contributed by atoms with E-state index in [-0.39, 0.29) is 0 Å². The summed E-state index contributed by atoms with van der Waals surface area (Å²) in [5.41, 5.74) is 6.41. The minimum absolute atomic E-state index is 0.407. The maximum absolute atomic E-state index is 5.36. The zero-order valence-corrected chi connectivity index (χ0v) is 11.5. The molecule has 0 amide bonds. The number of hydrogen-bond acceptors (Lipinski definition) is 3. The highest BCUT2D eigenvalue weighted by molar-refractivity contribution is 7.10. The molecule has 0 aromatic carbocycles. The van der Waals surface area contributed by atoms with Crippen LogP contribution in [0.15, 0.2) is 23.8 Å². The second kappa shape index (κ2) is 5.85. The zero-order valence-electron chi connectivity index (χ0n) is 10.7. The molecule has 0 bridgehead atoms. The average Bonchev–Trinajstić information content (AvgIpc) is 2.96. The second-order valence-electron chi connectivity index (χ2n) is 4.38. The third-order valence-electron chi connectivity index (χ3n) is 2.58. The molecule has 2 aromatic heterocycles. The SMILES string of the molecule is CC(C)c1nccn1Cc1cc(C#CCN)cs1. The van der Waals surface area contributed by atoms with Gasteiger partial charge in [-0.1, -0.05) is 25.7 Å². The lowest BCUT2D eigenvalue weighted by Gasteiger charge is -2.08. The lowest BCUT2D eigenvalue weighted by Crippen LogP contribution is -2.04. The number of rotatable bonds is 3. The van der Waals surface area contributed by atoms with Gasteiger partial charge < -0.3 is 10.3 Å². The molecule has 0 aliphatic heterocycles.